The van der Waals surface area contributed by atoms with E-state index >= 15 is 0 Å². The fraction of sp³-hybridized carbons (Fsp3) is 0.571. The molecule has 0 amide bonds. The molecule has 1 N–H and O–H groups in total. The molecule has 1 aliphatic rings. The van der Waals surface area contributed by atoms with Crippen molar-refractivity contribution < 1.29 is 8.78 Å². The van der Waals surface area contributed by atoms with Gasteiger partial charge in [0.05, 0.1) is 0 Å². The normalized spacial score (nSPS) is 17.9. The van der Waals surface area contributed by atoms with E-state index in [1.54, 1.807) is 0 Å². The molecular formula is C14H20BrClF2N2. The minimum Gasteiger partial charge on any atom is -0.314 e. The van der Waals surface area contributed by atoms with Gasteiger partial charge in [-0.25, -0.2) is 8.78 Å². The zero-order chi connectivity index (χ0) is 13.8. The summed E-state index contributed by atoms with van der Waals surface area (Å²) in [5, 5.41) is 3.26. The summed E-state index contributed by atoms with van der Waals surface area (Å²) < 4.78 is 26.7. The lowest BCUT2D eigenvalue weighted by molar-refractivity contribution is 0.0739. The Labute approximate surface area is 133 Å². The zero-order valence-electron chi connectivity index (χ0n) is 11.4. The van der Waals surface area contributed by atoms with Crippen molar-refractivity contribution in [2.75, 3.05) is 26.2 Å². The largest absolute Gasteiger partial charge is 0.314 e. The number of hydrogen-bond acceptors (Lipinski definition) is 2. The number of benzene rings is 1. The van der Waals surface area contributed by atoms with Gasteiger partial charge >= 0.3 is 0 Å². The first-order chi connectivity index (χ1) is 9.08. The van der Waals surface area contributed by atoms with Crippen molar-refractivity contribution in [3.05, 3.63) is 33.8 Å². The highest BCUT2D eigenvalue weighted by atomic mass is 79.9. The SMILES string of the molecule is Cc1ccc([C@H](CC(F)F)N2CCNCC2)cc1Br.Cl. The van der Waals surface area contributed by atoms with E-state index in [1.807, 2.05) is 25.1 Å². The van der Waals surface area contributed by atoms with E-state index in [4.69, 9.17) is 0 Å². The van der Waals surface area contributed by atoms with Crippen molar-refractivity contribution in [1.29, 1.82) is 0 Å². The third-order valence-electron chi connectivity index (χ3n) is 3.57. The Kier molecular flexibility index (Phi) is 7.37. The van der Waals surface area contributed by atoms with Gasteiger partial charge in [0.2, 0.25) is 6.43 Å². The molecule has 1 aromatic carbocycles. The molecule has 1 heterocycles. The molecule has 2 rings (SSSR count). The number of rotatable bonds is 4. The highest BCUT2D eigenvalue weighted by Gasteiger charge is 2.25. The second-order valence-electron chi connectivity index (χ2n) is 4.94. The molecule has 6 heteroatoms. The highest BCUT2D eigenvalue weighted by Crippen LogP contribution is 2.30. The van der Waals surface area contributed by atoms with Gasteiger partial charge in [0, 0.05) is 43.1 Å². The molecular weight excluding hydrogens is 350 g/mol. The van der Waals surface area contributed by atoms with Crippen LogP contribution in [0.3, 0.4) is 0 Å². The number of hydrogen-bond donors (Lipinski definition) is 1. The van der Waals surface area contributed by atoms with Crippen LogP contribution in [0.4, 0.5) is 8.78 Å². The maximum Gasteiger partial charge on any atom is 0.240 e. The smallest absolute Gasteiger partial charge is 0.240 e. The minimum absolute atomic E-state index is 0. The van der Waals surface area contributed by atoms with Gasteiger partial charge in [-0.05, 0) is 24.1 Å². The first kappa shape index (κ1) is 17.8. The van der Waals surface area contributed by atoms with Crippen LogP contribution in [-0.2, 0) is 0 Å². The van der Waals surface area contributed by atoms with Crippen LogP contribution in [0, 0.1) is 6.92 Å². The Bertz CT molecular complexity index is 426. The summed E-state index contributed by atoms with van der Waals surface area (Å²) in [4.78, 5) is 2.15. The molecule has 1 atom stereocenters. The fourth-order valence-corrected chi connectivity index (χ4v) is 2.87. The Morgan fingerprint density at radius 2 is 1.95 bits per heavy atom. The second kappa shape index (κ2) is 8.27. The van der Waals surface area contributed by atoms with E-state index in [-0.39, 0.29) is 24.9 Å². The molecule has 1 fully saturated rings. The summed E-state index contributed by atoms with van der Waals surface area (Å²) in [7, 11) is 0. The third kappa shape index (κ3) is 4.65. The topological polar surface area (TPSA) is 15.3 Å². The summed E-state index contributed by atoms with van der Waals surface area (Å²) in [5.41, 5.74) is 2.10. The lowest BCUT2D eigenvalue weighted by Crippen LogP contribution is -2.45. The predicted octanol–water partition coefficient (Wildman–Crippen LogP) is 3.78. The van der Waals surface area contributed by atoms with Gasteiger partial charge in [0.25, 0.3) is 0 Å². The van der Waals surface area contributed by atoms with Gasteiger partial charge in [-0.15, -0.1) is 12.4 Å². The summed E-state index contributed by atoms with van der Waals surface area (Å²) in [6, 6.07) is 5.73. The van der Waals surface area contributed by atoms with Crippen LogP contribution in [0.15, 0.2) is 22.7 Å². The van der Waals surface area contributed by atoms with Gasteiger partial charge in [0.15, 0.2) is 0 Å². The molecule has 1 aromatic rings. The number of halogens is 4. The molecule has 0 spiro atoms. The average Bonchev–Trinajstić information content (AvgIpc) is 2.40. The molecule has 0 aromatic heterocycles. The molecule has 1 saturated heterocycles. The van der Waals surface area contributed by atoms with Gasteiger partial charge in [-0.3, -0.25) is 4.90 Å². The van der Waals surface area contributed by atoms with E-state index < -0.39 is 6.43 Å². The standard InChI is InChI=1S/C14H19BrF2N2.ClH/c1-10-2-3-11(8-12(10)15)13(9-14(16)17)19-6-4-18-5-7-19;/h2-3,8,13-14,18H,4-7,9H2,1H3;1H/t13-;/m0./s1. The second-order valence-corrected chi connectivity index (χ2v) is 5.79. The van der Waals surface area contributed by atoms with Crippen LogP contribution < -0.4 is 5.32 Å². The third-order valence-corrected chi connectivity index (χ3v) is 4.43. The van der Waals surface area contributed by atoms with Crippen LogP contribution >= 0.6 is 28.3 Å². The summed E-state index contributed by atoms with van der Waals surface area (Å²) >= 11 is 3.49. The predicted molar refractivity (Wildman–Crippen MR) is 83.9 cm³/mol. The van der Waals surface area contributed by atoms with Crippen LogP contribution in [0.1, 0.15) is 23.6 Å². The lowest BCUT2D eigenvalue weighted by atomic mass is 10.00. The molecule has 0 unspecified atom stereocenters. The van der Waals surface area contributed by atoms with Crippen molar-refractivity contribution in [3.63, 3.8) is 0 Å². The van der Waals surface area contributed by atoms with Gasteiger partial charge in [-0.2, -0.15) is 0 Å². The van der Waals surface area contributed by atoms with Crippen LogP contribution in [0.25, 0.3) is 0 Å². The number of piperazine rings is 1. The van der Waals surface area contributed by atoms with Crippen molar-refractivity contribution >= 4 is 28.3 Å². The first-order valence-electron chi connectivity index (χ1n) is 6.57. The van der Waals surface area contributed by atoms with Crippen molar-refractivity contribution in [1.82, 2.24) is 10.2 Å². The number of nitrogens with one attached hydrogen (secondary N) is 1. The summed E-state index contributed by atoms with van der Waals surface area (Å²) in [5.74, 6) is 0. The molecule has 114 valence electrons. The Balaban J connectivity index is 0.00000200. The number of aryl methyl sites for hydroxylation is 1. The van der Waals surface area contributed by atoms with Gasteiger partial charge < -0.3 is 5.32 Å². The summed E-state index contributed by atoms with van der Waals surface area (Å²) in [6.45, 7) is 5.38. The van der Waals surface area contributed by atoms with E-state index in [1.165, 1.54) is 0 Å². The van der Waals surface area contributed by atoms with Gasteiger partial charge in [0.1, 0.15) is 0 Å². The quantitative estimate of drug-likeness (QED) is 0.869. The number of alkyl halides is 2. The lowest BCUT2D eigenvalue weighted by Gasteiger charge is -2.35. The first-order valence-corrected chi connectivity index (χ1v) is 7.36. The molecule has 2 nitrogen and oxygen atoms in total. The molecule has 1 aliphatic heterocycles. The maximum atomic E-state index is 12.9. The Morgan fingerprint density at radius 3 is 2.50 bits per heavy atom. The van der Waals surface area contributed by atoms with E-state index in [2.05, 4.69) is 26.1 Å². The van der Waals surface area contributed by atoms with Gasteiger partial charge in [-0.1, -0.05) is 28.1 Å². The van der Waals surface area contributed by atoms with Crippen LogP contribution in [0.5, 0.6) is 0 Å². The maximum absolute atomic E-state index is 12.9. The molecule has 0 aliphatic carbocycles. The molecule has 0 bridgehead atoms. The van der Waals surface area contributed by atoms with E-state index in [0.29, 0.717) is 0 Å². The molecule has 0 saturated carbocycles. The van der Waals surface area contributed by atoms with E-state index in [9.17, 15) is 8.78 Å². The summed E-state index contributed by atoms with van der Waals surface area (Å²) in [6.07, 6.45) is -2.38. The van der Waals surface area contributed by atoms with Crippen LogP contribution in [-0.4, -0.2) is 37.5 Å². The van der Waals surface area contributed by atoms with Crippen molar-refractivity contribution in [2.24, 2.45) is 0 Å². The van der Waals surface area contributed by atoms with Crippen molar-refractivity contribution in [2.45, 2.75) is 25.8 Å². The van der Waals surface area contributed by atoms with E-state index in [0.717, 1.165) is 41.8 Å². The fourth-order valence-electron chi connectivity index (χ4n) is 2.47. The monoisotopic (exact) mass is 368 g/mol. The Morgan fingerprint density at radius 1 is 1.30 bits per heavy atom. The number of nitrogens with zero attached hydrogens (tertiary/aromatic N) is 1. The molecule has 20 heavy (non-hydrogen) atoms. The average molecular weight is 370 g/mol. The van der Waals surface area contributed by atoms with Crippen LogP contribution in [0.2, 0.25) is 0 Å². The zero-order valence-corrected chi connectivity index (χ0v) is 13.8. The van der Waals surface area contributed by atoms with Crippen molar-refractivity contribution in [3.8, 4) is 0 Å². The molecule has 0 radical (unpaired) electrons. The Hall–Kier alpha value is -0.230. The highest BCUT2D eigenvalue weighted by molar-refractivity contribution is 9.10. The minimum atomic E-state index is -2.28.